The zero-order valence-electron chi connectivity index (χ0n) is 16.4. The van der Waals surface area contributed by atoms with E-state index in [4.69, 9.17) is 0 Å². The molecular weight excluding hydrogens is 439 g/mol. The molecule has 1 aliphatic rings. The van der Waals surface area contributed by atoms with Crippen LogP contribution in [0.5, 0.6) is 0 Å². The third kappa shape index (κ3) is 7.68. The highest BCUT2D eigenvalue weighted by molar-refractivity contribution is 14.0. The standard InChI is InChI=1S/C20H34N4O.HI/c1-16(2)17-9-11-18(12-10-17)23-20(21-3)22-13-5-7-15-24-14-6-4-8-19(24)25;/h4,6,8,14,16-18H,5,7,9-13,15H2,1-3H3,(H2,21,22,23);1H. The van der Waals surface area contributed by atoms with Gasteiger partial charge in [-0.3, -0.25) is 9.79 Å². The number of guanidine groups is 1. The van der Waals surface area contributed by atoms with Crippen molar-refractivity contribution in [2.45, 2.75) is 65.0 Å². The Kier molecular flexibility index (Phi) is 10.9. The van der Waals surface area contributed by atoms with E-state index in [2.05, 4.69) is 29.5 Å². The molecular formula is C20H35IN4O. The average molecular weight is 474 g/mol. The van der Waals surface area contributed by atoms with Crippen LogP contribution in [-0.4, -0.2) is 30.2 Å². The van der Waals surface area contributed by atoms with E-state index in [1.807, 2.05) is 19.3 Å². The van der Waals surface area contributed by atoms with Crippen LogP contribution in [0.4, 0.5) is 0 Å². The molecule has 2 N–H and O–H groups in total. The van der Waals surface area contributed by atoms with E-state index in [1.54, 1.807) is 16.7 Å². The predicted octanol–water partition coefficient (Wildman–Crippen LogP) is 3.63. The minimum Gasteiger partial charge on any atom is -0.356 e. The molecule has 0 unspecified atom stereocenters. The first-order valence-corrected chi connectivity index (χ1v) is 9.72. The Morgan fingerprint density at radius 2 is 1.96 bits per heavy atom. The number of unbranched alkanes of at least 4 members (excludes halogenated alkanes) is 1. The summed E-state index contributed by atoms with van der Waals surface area (Å²) in [4.78, 5) is 16.0. The summed E-state index contributed by atoms with van der Waals surface area (Å²) < 4.78 is 1.76. The van der Waals surface area contributed by atoms with Gasteiger partial charge in [-0.25, -0.2) is 0 Å². The Bertz CT molecular complexity index is 591. The third-order valence-electron chi connectivity index (χ3n) is 5.30. The molecule has 0 amide bonds. The van der Waals surface area contributed by atoms with Gasteiger partial charge < -0.3 is 15.2 Å². The van der Waals surface area contributed by atoms with Crippen LogP contribution < -0.4 is 16.2 Å². The van der Waals surface area contributed by atoms with Gasteiger partial charge in [0.15, 0.2) is 5.96 Å². The summed E-state index contributed by atoms with van der Waals surface area (Å²) in [5.41, 5.74) is 0.0740. The zero-order chi connectivity index (χ0) is 18.1. The Labute approximate surface area is 175 Å². The van der Waals surface area contributed by atoms with E-state index in [0.29, 0.717) is 6.04 Å². The molecule has 1 aliphatic carbocycles. The Balaban J connectivity index is 0.00000338. The minimum atomic E-state index is 0. The fraction of sp³-hybridized carbons (Fsp3) is 0.700. The van der Waals surface area contributed by atoms with Crippen molar-refractivity contribution < 1.29 is 0 Å². The van der Waals surface area contributed by atoms with Crippen LogP contribution in [0.1, 0.15) is 52.4 Å². The molecule has 1 aromatic heterocycles. The Hall–Kier alpha value is -1.05. The largest absolute Gasteiger partial charge is 0.356 e. The van der Waals surface area contributed by atoms with Crippen LogP contribution in [0.2, 0.25) is 0 Å². The summed E-state index contributed by atoms with van der Waals surface area (Å²) in [6.07, 6.45) is 8.95. The monoisotopic (exact) mass is 474 g/mol. The van der Waals surface area contributed by atoms with Crippen molar-refractivity contribution in [3.8, 4) is 0 Å². The maximum absolute atomic E-state index is 11.6. The number of aromatic nitrogens is 1. The molecule has 6 heteroatoms. The first-order chi connectivity index (χ1) is 12.1. The lowest BCUT2D eigenvalue weighted by Gasteiger charge is -2.32. The van der Waals surface area contributed by atoms with Crippen LogP contribution in [0.3, 0.4) is 0 Å². The van der Waals surface area contributed by atoms with Crippen LogP contribution in [0.15, 0.2) is 34.2 Å². The van der Waals surface area contributed by atoms with Gasteiger partial charge in [0.1, 0.15) is 0 Å². The summed E-state index contributed by atoms with van der Waals surface area (Å²) >= 11 is 0. The van der Waals surface area contributed by atoms with Crippen LogP contribution in [-0.2, 0) is 6.54 Å². The van der Waals surface area contributed by atoms with Crippen LogP contribution in [0.25, 0.3) is 0 Å². The quantitative estimate of drug-likeness (QED) is 0.275. The van der Waals surface area contributed by atoms with Crippen molar-refractivity contribution in [1.29, 1.82) is 0 Å². The van der Waals surface area contributed by atoms with Gasteiger partial charge in [0, 0.05) is 38.4 Å². The third-order valence-corrected chi connectivity index (χ3v) is 5.30. The van der Waals surface area contributed by atoms with Crippen molar-refractivity contribution in [3.63, 3.8) is 0 Å². The molecule has 1 saturated carbocycles. The minimum absolute atomic E-state index is 0. The maximum atomic E-state index is 11.6. The summed E-state index contributed by atoms with van der Waals surface area (Å²) in [7, 11) is 1.83. The van der Waals surface area contributed by atoms with Gasteiger partial charge in [0.2, 0.25) is 5.56 Å². The normalized spacial score (nSPS) is 20.5. The van der Waals surface area contributed by atoms with Crippen molar-refractivity contribution in [1.82, 2.24) is 15.2 Å². The fourth-order valence-electron chi connectivity index (χ4n) is 3.58. The fourth-order valence-corrected chi connectivity index (χ4v) is 3.58. The van der Waals surface area contributed by atoms with Crippen molar-refractivity contribution >= 4 is 29.9 Å². The number of aryl methyl sites for hydroxylation is 1. The van der Waals surface area contributed by atoms with E-state index >= 15 is 0 Å². The van der Waals surface area contributed by atoms with Gasteiger partial charge in [-0.05, 0) is 56.4 Å². The highest BCUT2D eigenvalue weighted by Gasteiger charge is 2.23. The van der Waals surface area contributed by atoms with Crippen LogP contribution in [0, 0.1) is 11.8 Å². The number of hydrogen-bond donors (Lipinski definition) is 2. The molecule has 0 atom stereocenters. The van der Waals surface area contributed by atoms with Crippen LogP contribution >= 0.6 is 24.0 Å². The van der Waals surface area contributed by atoms with Gasteiger partial charge in [0.05, 0.1) is 0 Å². The van der Waals surface area contributed by atoms with Crippen molar-refractivity contribution in [2.75, 3.05) is 13.6 Å². The number of hydrogen-bond acceptors (Lipinski definition) is 2. The first kappa shape index (κ1) is 23.0. The van der Waals surface area contributed by atoms with Gasteiger partial charge in [-0.1, -0.05) is 19.9 Å². The molecule has 0 aromatic carbocycles. The Morgan fingerprint density at radius 1 is 1.23 bits per heavy atom. The second-order valence-corrected chi connectivity index (χ2v) is 7.44. The maximum Gasteiger partial charge on any atom is 0.250 e. The molecule has 148 valence electrons. The smallest absolute Gasteiger partial charge is 0.250 e. The second kappa shape index (κ2) is 12.4. The van der Waals surface area contributed by atoms with Crippen molar-refractivity contribution in [2.24, 2.45) is 16.8 Å². The summed E-state index contributed by atoms with van der Waals surface area (Å²) in [5, 5.41) is 6.97. The van der Waals surface area contributed by atoms with E-state index in [1.165, 1.54) is 25.7 Å². The van der Waals surface area contributed by atoms with Gasteiger partial charge in [-0.15, -0.1) is 24.0 Å². The summed E-state index contributed by atoms with van der Waals surface area (Å²) in [6, 6.07) is 5.84. The Morgan fingerprint density at radius 3 is 2.58 bits per heavy atom. The lowest BCUT2D eigenvalue weighted by Crippen LogP contribution is -2.45. The molecule has 1 aromatic rings. The van der Waals surface area contributed by atoms with Gasteiger partial charge in [0.25, 0.3) is 0 Å². The second-order valence-electron chi connectivity index (χ2n) is 7.44. The number of halogens is 1. The summed E-state index contributed by atoms with van der Waals surface area (Å²) in [6.45, 7) is 6.32. The highest BCUT2D eigenvalue weighted by atomic mass is 127. The van der Waals surface area contributed by atoms with Crippen molar-refractivity contribution in [3.05, 3.63) is 34.7 Å². The topological polar surface area (TPSA) is 58.4 Å². The van der Waals surface area contributed by atoms with E-state index in [0.717, 1.165) is 43.7 Å². The van der Waals surface area contributed by atoms with E-state index < -0.39 is 0 Å². The zero-order valence-corrected chi connectivity index (χ0v) is 18.7. The molecule has 0 saturated heterocycles. The molecule has 0 aliphatic heterocycles. The highest BCUT2D eigenvalue weighted by Crippen LogP contribution is 2.29. The molecule has 26 heavy (non-hydrogen) atoms. The average Bonchev–Trinajstić information content (AvgIpc) is 2.62. The molecule has 1 heterocycles. The number of rotatable bonds is 7. The lowest BCUT2D eigenvalue weighted by molar-refractivity contribution is 0.250. The number of nitrogens with one attached hydrogen (secondary N) is 2. The first-order valence-electron chi connectivity index (χ1n) is 9.72. The number of aliphatic imine (C=N–C) groups is 1. The molecule has 0 bridgehead atoms. The molecule has 0 spiro atoms. The lowest BCUT2D eigenvalue weighted by atomic mass is 9.80. The predicted molar refractivity (Wildman–Crippen MR) is 120 cm³/mol. The molecule has 1 fully saturated rings. The number of nitrogens with zero attached hydrogens (tertiary/aromatic N) is 2. The molecule has 5 nitrogen and oxygen atoms in total. The molecule has 2 rings (SSSR count). The SMILES string of the molecule is CN=C(NCCCCn1ccccc1=O)NC1CCC(C(C)C)CC1.I. The van der Waals surface area contributed by atoms with Gasteiger partial charge >= 0.3 is 0 Å². The van der Waals surface area contributed by atoms with E-state index in [9.17, 15) is 4.79 Å². The van der Waals surface area contributed by atoms with Gasteiger partial charge in [-0.2, -0.15) is 0 Å². The molecule has 0 radical (unpaired) electrons. The van der Waals surface area contributed by atoms with E-state index in [-0.39, 0.29) is 29.5 Å². The summed E-state index contributed by atoms with van der Waals surface area (Å²) in [5.74, 6) is 2.59. The number of pyridine rings is 1.